The lowest BCUT2D eigenvalue weighted by atomic mass is 9.92. The van der Waals surface area contributed by atoms with E-state index in [1.165, 1.54) is 0 Å². The Morgan fingerprint density at radius 2 is 2.10 bits per heavy atom. The molecule has 30 heavy (non-hydrogen) atoms. The van der Waals surface area contributed by atoms with Crippen molar-refractivity contribution in [3.8, 4) is 0 Å². The number of hydrogen-bond donors (Lipinski definition) is 1. The maximum atomic E-state index is 12.9. The SMILES string of the molecule is CCCN1C[C@@H](C(=O)N2CCC(c3cccc(Nc4ncc(C)s4)n3)CC2)CC1=O. The predicted octanol–water partition coefficient (Wildman–Crippen LogP) is 3.55. The Balaban J connectivity index is 1.33. The van der Waals surface area contributed by atoms with Crippen molar-refractivity contribution in [2.75, 3.05) is 31.5 Å². The summed E-state index contributed by atoms with van der Waals surface area (Å²) in [6.07, 6.45) is 4.95. The van der Waals surface area contributed by atoms with Gasteiger partial charge in [-0.3, -0.25) is 9.59 Å². The number of aromatic nitrogens is 2. The molecule has 0 unspecified atom stereocenters. The number of rotatable bonds is 6. The number of nitrogens with zero attached hydrogens (tertiary/aromatic N) is 4. The number of likely N-dealkylation sites (tertiary alicyclic amines) is 2. The first-order valence-electron chi connectivity index (χ1n) is 10.8. The highest BCUT2D eigenvalue weighted by Gasteiger charge is 2.37. The minimum absolute atomic E-state index is 0.119. The number of carbonyl (C=O) groups is 2. The van der Waals surface area contributed by atoms with Gasteiger partial charge in [-0.2, -0.15) is 0 Å². The molecule has 2 amide bonds. The van der Waals surface area contributed by atoms with Gasteiger partial charge in [0.25, 0.3) is 0 Å². The van der Waals surface area contributed by atoms with Crippen molar-refractivity contribution in [3.05, 3.63) is 35.0 Å². The van der Waals surface area contributed by atoms with E-state index in [-0.39, 0.29) is 17.7 Å². The summed E-state index contributed by atoms with van der Waals surface area (Å²) in [6, 6.07) is 6.05. The second kappa shape index (κ2) is 9.12. The molecule has 2 aromatic heterocycles. The Labute approximate surface area is 181 Å². The van der Waals surface area contributed by atoms with E-state index in [0.717, 1.165) is 60.4 Å². The van der Waals surface area contributed by atoms with Crippen molar-refractivity contribution in [1.82, 2.24) is 19.8 Å². The Kier molecular flexibility index (Phi) is 6.32. The molecule has 0 aliphatic carbocycles. The molecular weight excluding hydrogens is 398 g/mol. The predicted molar refractivity (Wildman–Crippen MR) is 118 cm³/mol. The van der Waals surface area contributed by atoms with E-state index in [1.807, 2.05) is 35.1 Å². The molecule has 8 heteroatoms. The summed E-state index contributed by atoms with van der Waals surface area (Å²) in [7, 11) is 0. The monoisotopic (exact) mass is 427 g/mol. The first-order valence-corrected chi connectivity index (χ1v) is 11.6. The first-order chi connectivity index (χ1) is 14.5. The fourth-order valence-electron chi connectivity index (χ4n) is 4.35. The molecule has 0 aromatic carbocycles. The summed E-state index contributed by atoms with van der Waals surface area (Å²) in [4.78, 5) is 39.1. The van der Waals surface area contributed by atoms with Gasteiger partial charge in [-0.05, 0) is 38.3 Å². The third kappa shape index (κ3) is 4.64. The molecule has 0 bridgehead atoms. The van der Waals surface area contributed by atoms with Crippen LogP contribution < -0.4 is 5.32 Å². The van der Waals surface area contributed by atoms with Crippen molar-refractivity contribution in [2.24, 2.45) is 5.92 Å². The number of piperidine rings is 1. The van der Waals surface area contributed by atoms with Crippen LogP contribution in [0, 0.1) is 12.8 Å². The first kappa shape index (κ1) is 20.8. The van der Waals surface area contributed by atoms with Crippen molar-refractivity contribution in [2.45, 2.75) is 45.4 Å². The van der Waals surface area contributed by atoms with Crippen LogP contribution in [0.5, 0.6) is 0 Å². The van der Waals surface area contributed by atoms with Gasteiger partial charge in [0.05, 0.1) is 5.92 Å². The van der Waals surface area contributed by atoms with Crippen LogP contribution in [-0.4, -0.2) is 57.8 Å². The molecule has 0 saturated carbocycles. The molecule has 1 atom stereocenters. The Hall–Kier alpha value is -2.48. The maximum absolute atomic E-state index is 12.9. The van der Waals surface area contributed by atoms with Crippen molar-refractivity contribution in [3.63, 3.8) is 0 Å². The summed E-state index contributed by atoms with van der Waals surface area (Å²) in [5.74, 6) is 1.24. The fraction of sp³-hybridized carbons (Fsp3) is 0.545. The number of amides is 2. The van der Waals surface area contributed by atoms with E-state index in [4.69, 9.17) is 4.98 Å². The van der Waals surface area contributed by atoms with Crippen LogP contribution >= 0.6 is 11.3 Å². The van der Waals surface area contributed by atoms with Gasteiger partial charge in [-0.15, -0.1) is 11.3 Å². The number of aryl methyl sites for hydroxylation is 1. The zero-order valence-corrected chi connectivity index (χ0v) is 18.5. The minimum Gasteiger partial charge on any atom is -0.342 e. The maximum Gasteiger partial charge on any atom is 0.227 e. The van der Waals surface area contributed by atoms with Crippen LogP contribution in [0.3, 0.4) is 0 Å². The quantitative estimate of drug-likeness (QED) is 0.763. The molecular formula is C22H29N5O2S. The van der Waals surface area contributed by atoms with E-state index in [0.29, 0.717) is 18.9 Å². The number of nitrogens with one attached hydrogen (secondary N) is 1. The van der Waals surface area contributed by atoms with E-state index < -0.39 is 0 Å². The highest BCUT2D eigenvalue weighted by atomic mass is 32.1. The summed E-state index contributed by atoms with van der Waals surface area (Å²) < 4.78 is 0. The van der Waals surface area contributed by atoms with Gasteiger partial charge in [0.1, 0.15) is 5.82 Å². The molecule has 4 heterocycles. The summed E-state index contributed by atoms with van der Waals surface area (Å²) in [5.41, 5.74) is 1.06. The van der Waals surface area contributed by atoms with Crippen LogP contribution in [0.1, 0.15) is 49.1 Å². The highest BCUT2D eigenvalue weighted by molar-refractivity contribution is 7.15. The minimum atomic E-state index is -0.173. The second-order valence-electron chi connectivity index (χ2n) is 8.19. The van der Waals surface area contributed by atoms with Crippen LogP contribution in [0.4, 0.5) is 10.9 Å². The van der Waals surface area contributed by atoms with Crippen LogP contribution in [0.2, 0.25) is 0 Å². The summed E-state index contributed by atoms with van der Waals surface area (Å²) >= 11 is 1.61. The lowest BCUT2D eigenvalue weighted by Gasteiger charge is -2.33. The Morgan fingerprint density at radius 1 is 1.30 bits per heavy atom. The van der Waals surface area contributed by atoms with Crippen LogP contribution in [-0.2, 0) is 9.59 Å². The molecule has 160 valence electrons. The van der Waals surface area contributed by atoms with Crippen LogP contribution in [0.15, 0.2) is 24.4 Å². The molecule has 2 aliphatic heterocycles. The number of pyridine rings is 1. The molecule has 4 rings (SSSR count). The van der Waals surface area contributed by atoms with Gasteiger partial charge in [0, 0.05) is 55.3 Å². The zero-order valence-electron chi connectivity index (χ0n) is 17.6. The molecule has 1 N–H and O–H groups in total. The largest absolute Gasteiger partial charge is 0.342 e. The van der Waals surface area contributed by atoms with Gasteiger partial charge in [-0.1, -0.05) is 13.0 Å². The summed E-state index contributed by atoms with van der Waals surface area (Å²) in [6.45, 7) is 6.88. The van der Waals surface area contributed by atoms with Crippen molar-refractivity contribution >= 4 is 34.1 Å². The molecule has 2 aliphatic rings. The van der Waals surface area contributed by atoms with E-state index >= 15 is 0 Å². The standard InChI is InChI=1S/C22H29N5O2S/c1-3-9-27-14-17(12-20(27)28)21(29)26-10-7-16(8-11-26)18-5-4-6-19(24-18)25-22-23-13-15(2)30-22/h4-6,13,16-17H,3,7-12,14H2,1-2H3,(H,23,24,25)/t17-/m0/s1. The van der Waals surface area contributed by atoms with Gasteiger partial charge in [-0.25, -0.2) is 9.97 Å². The molecule has 2 aromatic rings. The lowest BCUT2D eigenvalue weighted by molar-refractivity contribution is -0.136. The second-order valence-corrected chi connectivity index (χ2v) is 9.42. The summed E-state index contributed by atoms with van der Waals surface area (Å²) in [5, 5.41) is 4.13. The average Bonchev–Trinajstić information content (AvgIpc) is 3.33. The average molecular weight is 428 g/mol. The lowest BCUT2D eigenvalue weighted by Crippen LogP contribution is -2.42. The van der Waals surface area contributed by atoms with Gasteiger partial charge < -0.3 is 15.1 Å². The number of thiazole rings is 1. The third-order valence-corrected chi connectivity index (χ3v) is 6.74. The van der Waals surface area contributed by atoms with Gasteiger partial charge >= 0.3 is 0 Å². The topological polar surface area (TPSA) is 78.4 Å². The normalized spacial score (nSPS) is 20.1. The van der Waals surface area contributed by atoms with Gasteiger partial charge in [0.2, 0.25) is 11.8 Å². The molecule has 2 saturated heterocycles. The third-order valence-electron chi connectivity index (χ3n) is 5.91. The Morgan fingerprint density at radius 3 is 2.80 bits per heavy atom. The molecule has 0 spiro atoms. The number of hydrogen-bond acceptors (Lipinski definition) is 6. The van der Waals surface area contributed by atoms with Crippen LogP contribution in [0.25, 0.3) is 0 Å². The highest BCUT2D eigenvalue weighted by Crippen LogP contribution is 2.30. The Bertz CT molecular complexity index is 906. The van der Waals surface area contributed by atoms with E-state index in [9.17, 15) is 9.59 Å². The molecule has 0 radical (unpaired) electrons. The van der Waals surface area contributed by atoms with E-state index in [2.05, 4.69) is 23.3 Å². The van der Waals surface area contributed by atoms with E-state index in [1.54, 1.807) is 11.3 Å². The molecule has 7 nitrogen and oxygen atoms in total. The van der Waals surface area contributed by atoms with Crippen molar-refractivity contribution in [1.29, 1.82) is 0 Å². The van der Waals surface area contributed by atoms with Gasteiger partial charge in [0.15, 0.2) is 5.13 Å². The van der Waals surface area contributed by atoms with Crippen molar-refractivity contribution < 1.29 is 9.59 Å². The number of anilines is 2. The number of carbonyl (C=O) groups excluding carboxylic acids is 2. The zero-order chi connectivity index (χ0) is 21.1. The molecule has 2 fully saturated rings. The fourth-order valence-corrected chi connectivity index (χ4v) is 5.02. The smallest absolute Gasteiger partial charge is 0.227 e.